The summed E-state index contributed by atoms with van der Waals surface area (Å²) in [4.78, 5) is 0. The molecule has 1 unspecified atom stereocenters. The molecule has 3 nitrogen and oxygen atoms in total. The molecule has 0 saturated carbocycles. The topological polar surface area (TPSA) is 30.5 Å². The first-order valence-electron chi connectivity index (χ1n) is 5.92. The number of hydrogen-bond acceptors (Lipinski definition) is 3. The number of benzene rings is 1. The fourth-order valence-electron chi connectivity index (χ4n) is 2.11. The van der Waals surface area contributed by atoms with Crippen molar-refractivity contribution in [2.75, 3.05) is 26.9 Å². The van der Waals surface area contributed by atoms with Crippen molar-refractivity contribution in [3.8, 4) is 0 Å². The van der Waals surface area contributed by atoms with Crippen LogP contribution in [0.4, 0.5) is 4.39 Å². The van der Waals surface area contributed by atoms with Crippen molar-refractivity contribution in [2.45, 2.75) is 18.6 Å². The van der Waals surface area contributed by atoms with Crippen LogP contribution in [0.3, 0.4) is 0 Å². The third-order valence-corrected chi connectivity index (χ3v) is 3.42. The summed E-state index contributed by atoms with van der Waals surface area (Å²) in [6, 6.07) is 4.53. The molecule has 0 radical (unpaired) electrons. The van der Waals surface area contributed by atoms with Gasteiger partial charge in [0.15, 0.2) is 0 Å². The second-order valence-electron chi connectivity index (χ2n) is 4.57. The first-order chi connectivity index (χ1) is 8.63. The fraction of sp³-hybridized carbons (Fsp3) is 0.538. The zero-order chi connectivity index (χ0) is 13.0. The number of ether oxygens (including phenoxy) is 2. The van der Waals surface area contributed by atoms with E-state index in [0.29, 0.717) is 24.7 Å². The van der Waals surface area contributed by atoms with E-state index in [9.17, 15) is 4.39 Å². The second kappa shape index (κ2) is 5.97. The molecule has 1 fully saturated rings. The van der Waals surface area contributed by atoms with Gasteiger partial charge in [0.1, 0.15) is 11.4 Å². The average molecular weight is 274 g/mol. The van der Waals surface area contributed by atoms with Gasteiger partial charge in [0, 0.05) is 38.2 Å². The fourth-order valence-corrected chi connectivity index (χ4v) is 2.35. The van der Waals surface area contributed by atoms with Crippen molar-refractivity contribution in [1.29, 1.82) is 0 Å². The lowest BCUT2D eigenvalue weighted by atomic mass is 10.0. The molecule has 0 aliphatic carbocycles. The van der Waals surface area contributed by atoms with Gasteiger partial charge in [-0.25, -0.2) is 4.39 Å². The predicted molar refractivity (Wildman–Crippen MR) is 68.3 cm³/mol. The van der Waals surface area contributed by atoms with E-state index in [4.69, 9.17) is 21.1 Å². The van der Waals surface area contributed by atoms with Crippen molar-refractivity contribution in [3.63, 3.8) is 0 Å². The molecule has 100 valence electrons. The summed E-state index contributed by atoms with van der Waals surface area (Å²) in [6.45, 7) is 2.56. The van der Waals surface area contributed by atoms with Gasteiger partial charge < -0.3 is 14.8 Å². The van der Waals surface area contributed by atoms with Gasteiger partial charge in [-0.2, -0.15) is 0 Å². The second-order valence-corrected chi connectivity index (χ2v) is 5.01. The van der Waals surface area contributed by atoms with E-state index in [0.717, 1.165) is 18.6 Å². The predicted octanol–water partition coefficient (Wildman–Crippen LogP) is 2.37. The molecule has 1 aromatic rings. The quantitative estimate of drug-likeness (QED) is 0.893. The van der Waals surface area contributed by atoms with E-state index in [1.807, 2.05) is 0 Å². The Balaban J connectivity index is 1.87. The maximum Gasteiger partial charge on any atom is 0.125 e. The van der Waals surface area contributed by atoms with E-state index in [2.05, 4.69) is 5.32 Å². The number of rotatable bonds is 5. The lowest BCUT2D eigenvalue weighted by molar-refractivity contribution is -0.0159. The van der Waals surface area contributed by atoms with E-state index in [1.165, 1.54) is 12.1 Å². The maximum absolute atomic E-state index is 13.1. The van der Waals surface area contributed by atoms with Crippen LogP contribution in [0.2, 0.25) is 5.02 Å². The van der Waals surface area contributed by atoms with Gasteiger partial charge >= 0.3 is 0 Å². The molecule has 0 aromatic heterocycles. The van der Waals surface area contributed by atoms with Crippen molar-refractivity contribution < 1.29 is 13.9 Å². The molecule has 1 aromatic carbocycles. The highest BCUT2D eigenvalue weighted by atomic mass is 35.5. The Morgan fingerprint density at radius 2 is 2.33 bits per heavy atom. The Hall–Kier alpha value is -0.680. The van der Waals surface area contributed by atoms with Crippen LogP contribution in [0, 0.1) is 5.82 Å². The van der Waals surface area contributed by atoms with Gasteiger partial charge in [0.25, 0.3) is 0 Å². The highest BCUT2D eigenvalue weighted by molar-refractivity contribution is 6.30. The molecule has 5 heteroatoms. The Bertz CT molecular complexity index is 388. The molecular formula is C13H17ClFNO2. The van der Waals surface area contributed by atoms with Gasteiger partial charge in [-0.15, -0.1) is 0 Å². The average Bonchev–Trinajstić information content (AvgIpc) is 2.77. The monoisotopic (exact) mass is 273 g/mol. The minimum absolute atomic E-state index is 0.253. The number of nitrogens with one attached hydrogen (secondary N) is 1. The summed E-state index contributed by atoms with van der Waals surface area (Å²) in [5, 5.41) is 3.67. The molecule has 0 spiro atoms. The molecule has 1 atom stereocenters. The van der Waals surface area contributed by atoms with Crippen LogP contribution < -0.4 is 5.32 Å². The first-order valence-corrected chi connectivity index (χ1v) is 6.30. The summed E-state index contributed by atoms with van der Waals surface area (Å²) in [5.41, 5.74) is 0.571. The molecule has 2 rings (SSSR count). The standard InChI is InChI=1S/C13H17ClFNO2/c1-17-13(2-3-18-9-13)8-16-7-10-4-11(14)6-12(15)5-10/h4-6,16H,2-3,7-9H2,1H3. The van der Waals surface area contributed by atoms with Crippen LogP contribution in [-0.2, 0) is 16.0 Å². The van der Waals surface area contributed by atoms with Crippen LogP contribution in [0.25, 0.3) is 0 Å². The molecule has 1 saturated heterocycles. The zero-order valence-electron chi connectivity index (χ0n) is 10.3. The van der Waals surface area contributed by atoms with Crippen LogP contribution in [-0.4, -0.2) is 32.5 Å². The first kappa shape index (κ1) is 13.7. The Morgan fingerprint density at radius 1 is 1.50 bits per heavy atom. The van der Waals surface area contributed by atoms with Crippen LogP contribution in [0.15, 0.2) is 18.2 Å². The Kier molecular flexibility index (Phi) is 4.56. The zero-order valence-corrected chi connectivity index (χ0v) is 11.1. The van der Waals surface area contributed by atoms with E-state index < -0.39 is 0 Å². The largest absolute Gasteiger partial charge is 0.378 e. The smallest absolute Gasteiger partial charge is 0.125 e. The molecule has 1 heterocycles. The highest BCUT2D eigenvalue weighted by Gasteiger charge is 2.34. The van der Waals surface area contributed by atoms with Gasteiger partial charge in [0.2, 0.25) is 0 Å². The number of halogens is 2. The number of hydrogen-bond donors (Lipinski definition) is 1. The van der Waals surface area contributed by atoms with Crippen molar-refractivity contribution >= 4 is 11.6 Å². The summed E-state index contributed by atoms with van der Waals surface area (Å²) < 4.78 is 24.0. The van der Waals surface area contributed by atoms with Gasteiger partial charge in [-0.05, 0) is 23.8 Å². The highest BCUT2D eigenvalue weighted by Crippen LogP contribution is 2.21. The summed E-state index contributed by atoms with van der Waals surface area (Å²) in [6.07, 6.45) is 0.875. The molecule has 1 N–H and O–H groups in total. The third kappa shape index (κ3) is 3.42. The SMILES string of the molecule is COC1(CNCc2cc(F)cc(Cl)c2)CCOC1. The summed E-state index contributed by atoms with van der Waals surface area (Å²) >= 11 is 5.80. The van der Waals surface area contributed by atoms with Crippen molar-refractivity contribution in [1.82, 2.24) is 5.32 Å². The van der Waals surface area contributed by atoms with E-state index in [1.54, 1.807) is 13.2 Å². The molecule has 0 amide bonds. The van der Waals surface area contributed by atoms with Crippen molar-refractivity contribution in [3.05, 3.63) is 34.6 Å². The maximum atomic E-state index is 13.1. The molecule has 1 aliphatic rings. The Labute approximate surface area is 111 Å². The molecular weight excluding hydrogens is 257 g/mol. The minimum atomic E-state index is -0.315. The third-order valence-electron chi connectivity index (χ3n) is 3.20. The van der Waals surface area contributed by atoms with E-state index >= 15 is 0 Å². The Morgan fingerprint density at radius 3 is 2.94 bits per heavy atom. The van der Waals surface area contributed by atoms with Crippen molar-refractivity contribution in [2.24, 2.45) is 0 Å². The van der Waals surface area contributed by atoms with Crippen LogP contribution in [0.5, 0.6) is 0 Å². The molecule has 18 heavy (non-hydrogen) atoms. The van der Waals surface area contributed by atoms with E-state index in [-0.39, 0.29) is 11.4 Å². The molecule has 1 aliphatic heterocycles. The van der Waals surface area contributed by atoms with Gasteiger partial charge in [-0.1, -0.05) is 11.6 Å². The van der Waals surface area contributed by atoms with Gasteiger partial charge in [-0.3, -0.25) is 0 Å². The minimum Gasteiger partial charge on any atom is -0.378 e. The van der Waals surface area contributed by atoms with Gasteiger partial charge in [0.05, 0.1) is 6.61 Å². The lowest BCUT2D eigenvalue weighted by Gasteiger charge is -2.26. The lowest BCUT2D eigenvalue weighted by Crippen LogP contribution is -2.42. The summed E-state index contributed by atoms with van der Waals surface area (Å²) in [7, 11) is 1.69. The van der Waals surface area contributed by atoms with Crippen LogP contribution in [0.1, 0.15) is 12.0 Å². The number of methoxy groups -OCH3 is 1. The summed E-state index contributed by atoms with van der Waals surface area (Å²) in [5.74, 6) is -0.315. The molecule has 0 bridgehead atoms. The van der Waals surface area contributed by atoms with Crippen LogP contribution >= 0.6 is 11.6 Å². The normalized spacial score (nSPS) is 23.5.